The standard InChI is InChI=1S/C24H23NO3/c1-16-22-20(12-19(26)13-21(22)27)25-23(28)24(16,14-17-8-4-2-5-9-17)15-18-10-6-3-7-11-18/h2-13,16,26-27H,14-15H2,1H3,(H,25,28). The largest absolute Gasteiger partial charge is 0.508 e. The van der Waals surface area contributed by atoms with Crippen LogP contribution in [0.4, 0.5) is 5.69 Å². The number of carbonyl (C=O) groups is 1. The molecule has 4 heteroatoms. The third-order valence-corrected chi connectivity index (χ3v) is 5.83. The molecule has 0 spiro atoms. The number of benzene rings is 3. The zero-order chi connectivity index (χ0) is 19.7. The Bertz CT molecular complexity index is 958. The molecule has 3 aromatic rings. The molecule has 1 amide bonds. The van der Waals surface area contributed by atoms with Crippen molar-refractivity contribution in [3.8, 4) is 11.5 Å². The van der Waals surface area contributed by atoms with Crippen molar-refractivity contribution in [2.24, 2.45) is 5.41 Å². The van der Waals surface area contributed by atoms with E-state index in [1.807, 2.05) is 67.6 Å². The Hall–Kier alpha value is -3.27. The van der Waals surface area contributed by atoms with E-state index >= 15 is 0 Å². The molecule has 1 aliphatic heterocycles. The Morgan fingerprint density at radius 3 is 1.96 bits per heavy atom. The monoisotopic (exact) mass is 373 g/mol. The minimum Gasteiger partial charge on any atom is -0.508 e. The third kappa shape index (κ3) is 3.11. The van der Waals surface area contributed by atoms with E-state index in [4.69, 9.17) is 0 Å². The molecule has 3 N–H and O–H groups in total. The van der Waals surface area contributed by atoms with E-state index in [1.165, 1.54) is 12.1 Å². The second-order valence-corrected chi connectivity index (χ2v) is 7.58. The SMILES string of the molecule is CC1c2c(O)cc(O)cc2NC(=O)C1(Cc1ccccc1)Cc1ccccc1. The number of amides is 1. The molecule has 0 fully saturated rings. The molecule has 0 aromatic heterocycles. The highest BCUT2D eigenvalue weighted by molar-refractivity contribution is 6.00. The average Bonchev–Trinajstić information content (AvgIpc) is 2.67. The Balaban J connectivity index is 1.85. The number of fused-ring (bicyclic) bond motifs is 1. The normalized spacial score (nSPS) is 17.6. The number of rotatable bonds is 4. The first kappa shape index (κ1) is 18.1. The van der Waals surface area contributed by atoms with Gasteiger partial charge in [0.15, 0.2) is 0 Å². The summed E-state index contributed by atoms with van der Waals surface area (Å²) in [7, 11) is 0. The van der Waals surface area contributed by atoms with Gasteiger partial charge >= 0.3 is 0 Å². The van der Waals surface area contributed by atoms with Crippen molar-refractivity contribution in [3.05, 3.63) is 89.5 Å². The van der Waals surface area contributed by atoms with Crippen molar-refractivity contribution in [3.63, 3.8) is 0 Å². The number of carbonyl (C=O) groups excluding carboxylic acids is 1. The lowest BCUT2D eigenvalue weighted by Crippen LogP contribution is -2.47. The van der Waals surface area contributed by atoms with Gasteiger partial charge in [-0.3, -0.25) is 4.79 Å². The van der Waals surface area contributed by atoms with Crippen LogP contribution in [-0.2, 0) is 17.6 Å². The van der Waals surface area contributed by atoms with E-state index in [0.717, 1.165) is 11.1 Å². The molecule has 0 radical (unpaired) electrons. The van der Waals surface area contributed by atoms with Gasteiger partial charge < -0.3 is 15.5 Å². The Morgan fingerprint density at radius 2 is 1.43 bits per heavy atom. The van der Waals surface area contributed by atoms with Crippen molar-refractivity contribution < 1.29 is 15.0 Å². The molecule has 142 valence electrons. The van der Waals surface area contributed by atoms with Gasteiger partial charge in [0, 0.05) is 23.6 Å². The summed E-state index contributed by atoms with van der Waals surface area (Å²) in [6.07, 6.45) is 1.10. The number of aromatic hydroxyl groups is 2. The third-order valence-electron chi connectivity index (χ3n) is 5.83. The number of phenolic OH excluding ortho intramolecular Hbond substituents is 2. The fourth-order valence-corrected chi connectivity index (χ4v) is 4.35. The van der Waals surface area contributed by atoms with E-state index in [-0.39, 0.29) is 23.3 Å². The molecule has 1 unspecified atom stereocenters. The van der Waals surface area contributed by atoms with E-state index < -0.39 is 5.41 Å². The molecule has 0 saturated heterocycles. The van der Waals surface area contributed by atoms with Gasteiger partial charge in [0.2, 0.25) is 5.91 Å². The molecule has 4 rings (SSSR count). The second kappa shape index (κ2) is 7.04. The predicted molar refractivity (Wildman–Crippen MR) is 110 cm³/mol. The van der Waals surface area contributed by atoms with Crippen molar-refractivity contribution in [2.75, 3.05) is 5.32 Å². The molecule has 1 atom stereocenters. The fourth-order valence-electron chi connectivity index (χ4n) is 4.35. The van der Waals surface area contributed by atoms with Crippen LogP contribution in [0.1, 0.15) is 29.5 Å². The van der Waals surface area contributed by atoms with Gasteiger partial charge in [-0.2, -0.15) is 0 Å². The molecule has 1 heterocycles. The summed E-state index contributed by atoms with van der Waals surface area (Å²) in [4.78, 5) is 13.4. The highest BCUT2D eigenvalue weighted by Gasteiger charge is 2.49. The maximum absolute atomic E-state index is 13.4. The van der Waals surface area contributed by atoms with Crippen molar-refractivity contribution in [1.29, 1.82) is 0 Å². The molecular weight excluding hydrogens is 350 g/mol. The number of anilines is 1. The van der Waals surface area contributed by atoms with Crippen LogP contribution in [0.2, 0.25) is 0 Å². The highest BCUT2D eigenvalue weighted by atomic mass is 16.3. The van der Waals surface area contributed by atoms with Crippen molar-refractivity contribution >= 4 is 11.6 Å². The van der Waals surface area contributed by atoms with Gasteiger partial charge in [-0.1, -0.05) is 67.6 Å². The quantitative estimate of drug-likeness (QED) is 0.625. The average molecular weight is 373 g/mol. The van der Waals surface area contributed by atoms with Crippen LogP contribution < -0.4 is 5.32 Å². The van der Waals surface area contributed by atoms with Crippen LogP contribution in [0.25, 0.3) is 0 Å². The predicted octanol–water partition coefficient (Wildman–Crippen LogP) is 4.63. The van der Waals surface area contributed by atoms with Gasteiger partial charge in [-0.25, -0.2) is 0 Å². The molecular formula is C24H23NO3. The van der Waals surface area contributed by atoms with Gasteiger partial charge in [-0.15, -0.1) is 0 Å². The Labute approximate surface area is 164 Å². The molecule has 0 saturated carbocycles. The van der Waals surface area contributed by atoms with Crippen molar-refractivity contribution in [1.82, 2.24) is 0 Å². The topological polar surface area (TPSA) is 69.6 Å². The van der Waals surface area contributed by atoms with Crippen LogP contribution in [0, 0.1) is 5.41 Å². The molecule has 3 aromatic carbocycles. The number of hydrogen-bond acceptors (Lipinski definition) is 3. The maximum Gasteiger partial charge on any atom is 0.231 e. The Kier molecular flexibility index (Phi) is 4.55. The van der Waals surface area contributed by atoms with E-state index in [0.29, 0.717) is 24.1 Å². The lowest BCUT2D eigenvalue weighted by molar-refractivity contribution is -0.127. The van der Waals surface area contributed by atoms with Crippen LogP contribution in [0.3, 0.4) is 0 Å². The first-order chi connectivity index (χ1) is 13.5. The van der Waals surface area contributed by atoms with Crippen LogP contribution in [0.15, 0.2) is 72.8 Å². The second-order valence-electron chi connectivity index (χ2n) is 7.58. The molecule has 28 heavy (non-hydrogen) atoms. The van der Waals surface area contributed by atoms with Crippen LogP contribution in [-0.4, -0.2) is 16.1 Å². The minimum atomic E-state index is -0.760. The minimum absolute atomic E-state index is 0.00741. The Morgan fingerprint density at radius 1 is 0.893 bits per heavy atom. The number of hydrogen-bond donors (Lipinski definition) is 3. The van der Waals surface area contributed by atoms with Gasteiger partial charge in [0.05, 0.1) is 11.1 Å². The number of phenols is 2. The lowest BCUT2D eigenvalue weighted by Gasteiger charge is -2.43. The highest BCUT2D eigenvalue weighted by Crippen LogP contribution is 2.51. The molecule has 0 bridgehead atoms. The zero-order valence-corrected chi connectivity index (χ0v) is 15.7. The summed E-state index contributed by atoms with van der Waals surface area (Å²) in [5.41, 5.74) is 2.53. The summed E-state index contributed by atoms with van der Waals surface area (Å²) < 4.78 is 0. The first-order valence-corrected chi connectivity index (χ1v) is 9.45. The summed E-state index contributed by atoms with van der Waals surface area (Å²) in [6, 6.07) is 22.8. The molecule has 1 aliphatic rings. The van der Waals surface area contributed by atoms with Gasteiger partial charge in [-0.05, 0) is 24.0 Å². The van der Waals surface area contributed by atoms with E-state index in [2.05, 4.69) is 5.32 Å². The summed E-state index contributed by atoms with van der Waals surface area (Å²) in [5, 5.41) is 23.3. The maximum atomic E-state index is 13.4. The number of nitrogens with one attached hydrogen (secondary N) is 1. The molecule has 0 aliphatic carbocycles. The van der Waals surface area contributed by atoms with Crippen molar-refractivity contribution in [2.45, 2.75) is 25.7 Å². The van der Waals surface area contributed by atoms with E-state index in [1.54, 1.807) is 0 Å². The summed E-state index contributed by atoms with van der Waals surface area (Å²) >= 11 is 0. The summed E-state index contributed by atoms with van der Waals surface area (Å²) in [6.45, 7) is 1.99. The smallest absolute Gasteiger partial charge is 0.231 e. The lowest BCUT2D eigenvalue weighted by atomic mass is 9.63. The van der Waals surface area contributed by atoms with E-state index in [9.17, 15) is 15.0 Å². The fraction of sp³-hybridized carbons (Fsp3) is 0.208. The van der Waals surface area contributed by atoms with Crippen LogP contribution >= 0.6 is 0 Å². The zero-order valence-electron chi connectivity index (χ0n) is 15.7. The first-order valence-electron chi connectivity index (χ1n) is 9.45. The summed E-state index contributed by atoms with van der Waals surface area (Å²) in [5.74, 6) is -0.391. The van der Waals surface area contributed by atoms with Gasteiger partial charge in [0.1, 0.15) is 11.5 Å². The van der Waals surface area contributed by atoms with Crippen LogP contribution in [0.5, 0.6) is 11.5 Å². The van der Waals surface area contributed by atoms with Gasteiger partial charge in [0.25, 0.3) is 0 Å². The molecule has 4 nitrogen and oxygen atoms in total.